The van der Waals surface area contributed by atoms with E-state index in [9.17, 15) is 4.79 Å². The fourth-order valence-corrected chi connectivity index (χ4v) is 3.97. The van der Waals surface area contributed by atoms with E-state index >= 15 is 0 Å². The molecule has 1 aliphatic rings. The van der Waals surface area contributed by atoms with Crippen molar-refractivity contribution in [3.8, 4) is 5.75 Å². The van der Waals surface area contributed by atoms with Gasteiger partial charge in [0.2, 0.25) is 5.91 Å². The summed E-state index contributed by atoms with van der Waals surface area (Å²) in [6, 6.07) is 8.07. The Morgan fingerprint density at radius 3 is 2.52 bits per heavy atom. The lowest BCUT2D eigenvalue weighted by atomic mass is 10.0. The van der Waals surface area contributed by atoms with Crippen LogP contribution in [-0.4, -0.2) is 61.2 Å². The molecule has 31 heavy (non-hydrogen) atoms. The molecule has 168 valence electrons. The van der Waals surface area contributed by atoms with Crippen LogP contribution in [-0.2, 0) is 22.6 Å². The summed E-state index contributed by atoms with van der Waals surface area (Å²) in [5.74, 6) is 3.12. The summed E-state index contributed by atoms with van der Waals surface area (Å²) in [5, 5.41) is 0. The zero-order valence-electron chi connectivity index (χ0n) is 19.4. The van der Waals surface area contributed by atoms with Crippen LogP contribution in [0.2, 0.25) is 0 Å². The molecule has 7 heteroatoms. The number of amides is 1. The highest BCUT2D eigenvalue weighted by molar-refractivity contribution is 5.76. The van der Waals surface area contributed by atoms with Gasteiger partial charge in [-0.3, -0.25) is 4.79 Å². The number of rotatable bonds is 8. The zero-order valence-corrected chi connectivity index (χ0v) is 19.4. The van der Waals surface area contributed by atoms with Crippen LogP contribution in [0.1, 0.15) is 42.9 Å². The number of ether oxygens (including phenoxy) is 2. The molecule has 3 rings (SSSR count). The lowest BCUT2D eigenvalue weighted by Crippen LogP contribution is -2.49. The van der Waals surface area contributed by atoms with Crippen LogP contribution in [0.5, 0.6) is 5.75 Å². The number of benzene rings is 1. The molecule has 0 bridgehead atoms. The summed E-state index contributed by atoms with van der Waals surface area (Å²) < 4.78 is 10.8. The number of aromatic nitrogens is 2. The second kappa shape index (κ2) is 10.6. The molecule has 1 fully saturated rings. The van der Waals surface area contributed by atoms with Gasteiger partial charge in [0.25, 0.3) is 0 Å². The first kappa shape index (κ1) is 23.0. The molecule has 1 saturated heterocycles. The van der Waals surface area contributed by atoms with Gasteiger partial charge in [0, 0.05) is 51.7 Å². The molecular formula is C24H34N4O3. The topological polar surface area (TPSA) is 67.8 Å². The molecule has 1 aliphatic heterocycles. The second-order valence-electron chi connectivity index (χ2n) is 8.45. The molecule has 0 saturated carbocycles. The summed E-state index contributed by atoms with van der Waals surface area (Å²) in [4.78, 5) is 26.2. The lowest BCUT2D eigenvalue weighted by Gasteiger charge is -2.37. The van der Waals surface area contributed by atoms with E-state index in [0.29, 0.717) is 38.5 Å². The highest BCUT2D eigenvalue weighted by atomic mass is 16.5. The monoisotopic (exact) mass is 426 g/mol. The average Bonchev–Trinajstić information content (AvgIpc) is 2.75. The van der Waals surface area contributed by atoms with Crippen LogP contribution in [0.3, 0.4) is 0 Å². The van der Waals surface area contributed by atoms with Crippen molar-refractivity contribution >= 4 is 11.7 Å². The number of carbonyl (C=O) groups excluding carboxylic acids is 1. The molecule has 0 radical (unpaired) electrons. The minimum Gasteiger partial charge on any atom is -0.497 e. The maximum atomic E-state index is 12.5. The molecule has 1 amide bonds. The molecule has 0 unspecified atom stereocenters. The number of hydrogen-bond donors (Lipinski definition) is 0. The van der Waals surface area contributed by atoms with Gasteiger partial charge < -0.3 is 19.3 Å². The maximum absolute atomic E-state index is 12.5. The summed E-state index contributed by atoms with van der Waals surface area (Å²) in [5.41, 5.74) is 3.12. The first-order chi connectivity index (χ1) is 14.9. The number of nitrogens with zero attached hydrogens (tertiary/aromatic N) is 4. The Morgan fingerprint density at radius 2 is 1.87 bits per heavy atom. The molecule has 1 aromatic heterocycles. The van der Waals surface area contributed by atoms with Crippen molar-refractivity contribution in [1.29, 1.82) is 0 Å². The van der Waals surface area contributed by atoms with Gasteiger partial charge in [-0.25, -0.2) is 9.97 Å². The van der Waals surface area contributed by atoms with Crippen LogP contribution >= 0.6 is 0 Å². The molecule has 0 spiro atoms. The van der Waals surface area contributed by atoms with E-state index in [4.69, 9.17) is 14.5 Å². The van der Waals surface area contributed by atoms with Gasteiger partial charge in [0.1, 0.15) is 17.4 Å². The van der Waals surface area contributed by atoms with E-state index in [1.165, 1.54) is 0 Å². The maximum Gasteiger partial charge on any atom is 0.222 e. The summed E-state index contributed by atoms with van der Waals surface area (Å²) in [7, 11) is 3.36. The number of hydrogen-bond acceptors (Lipinski definition) is 6. The Kier molecular flexibility index (Phi) is 7.85. The van der Waals surface area contributed by atoms with Crippen LogP contribution < -0.4 is 9.64 Å². The summed E-state index contributed by atoms with van der Waals surface area (Å²) in [6.45, 7) is 9.47. The molecule has 0 aliphatic carbocycles. The Balaban J connectivity index is 1.86. The fraction of sp³-hybridized carbons (Fsp3) is 0.542. The Labute approximate surface area is 185 Å². The van der Waals surface area contributed by atoms with Gasteiger partial charge in [0.05, 0.1) is 19.4 Å². The van der Waals surface area contributed by atoms with Crippen LogP contribution in [0.4, 0.5) is 5.82 Å². The fourth-order valence-electron chi connectivity index (χ4n) is 3.97. The number of piperazine rings is 1. The Hall–Kier alpha value is -2.67. The standard InChI is InChI=1S/C24H34N4O3/c1-17(2)13-23(29)27-9-11-28(12-10-27)24-21(22(16-30-4)25-18(3)26-24)15-19-7-6-8-20(14-19)31-5/h6-8,14,17H,9-13,15-16H2,1-5H3. The molecular weight excluding hydrogens is 392 g/mol. The van der Waals surface area contributed by atoms with E-state index in [1.807, 2.05) is 30.0 Å². The SMILES string of the molecule is COCc1nc(C)nc(N2CCN(C(=O)CC(C)C)CC2)c1Cc1cccc(OC)c1. The van der Waals surface area contributed by atoms with Crippen molar-refractivity contribution in [2.45, 2.75) is 40.2 Å². The van der Waals surface area contributed by atoms with E-state index < -0.39 is 0 Å². The third-order valence-electron chi connectivity index (χ3n) is 5.49. The lowest BCUT2D eigenvalue weighted by molar-refractivity contribution is -0.132. The minimum atomic E-state index is 0.241. The highest BCUT2D eigenvalue weighted by Crippen LogP contribution is 2.27. The molecule has 0 atom stereocenters. The summed E-state index contributed by atoms with van der Waals surface area (Å²) >= 11 is 0. The van der Waals surface area contributed by atoms with Crippen molar-refractivity contribution in [3.05, 3.63) is 46.9 Å². The molecule has 1 aromatic carbocycles. The van der Waals surface area contributed by atoms with Gasteiger partial charge >= 0.3 is 0 Å². The van der Waals surface area contributed by atoms with E-state index in [1.54, 1.807) is 14.2 Å². The molecule has 0 N–H and O–H groups in total. The second-order valence-corrected chi connectivity index (χ2v) is 8.45. The van der Waals surface area contributed by atoms with Crippen molar-refractivity contribution < 1.29 is 14.3 Å². The van der Waals surface area contributed by atoms with Gasteiger partial charge in [-0.05, 0) is 30.5 Å². The van der Waals surface area contributed by atoms with E-state index in [-0.39, 0.29) is 5.91 Å². The highest BCUT2D eigenvalue weighted by Gasteiger charge is 2.25. The third kappa shape index (κ3) is 5.94. The number of carbonyl (C=O) groups is 1. The summed E-state index contributed by atoms with van der Waals surface area (Å²) in [6.07, 6.45) is 1.30. The zero-order chi connectivity index (χ0) is 22.4. The molecule has 7 nitrogen and oxygen atoms in total. The largest absolute Gasteiger partial charge is 0.497 e. The molecule has 2 aromatic rings. The predicted octanol–water partition coefficient (Wildman–Crippen LogP) is 3.23. The van der Waals surface area contributed by atoms with E-state index in [2.05, 4.69) is 29.8 Å². The first-order valence-corrected chi connectivity index (χ1v) is 10.9. The first-order valence-electron chi connectivity index (χ1n) is 10.9. The number of aryl methyl sites for hydroxylation is 1. The van der Waals surface area contributed by atoms with Crippen molar-refractivity contribution in [2.75, 3.05) is 45.3 Å². The van der Waals surface area contributed by atoms with Crippen LogP contribution in [0.25, 0.3) is 0 Å². The van der Waals surface area contributed by atoms with Crippen LogP contribution in [0, 0.1) is 12.8 Å². The number of methoxy groups -OCH3 is 2. The van der Waals surface area contributed by atoms with Crippen molar-refractivity contribution in [3.63, 3.8) is 0 Å². The van der Waals surface area contributed by atoms with Gasteiger partial charge in [-0.15, -0.1) is 0 Å². The van der Waals surface area contributed by atoms with Crippen LogP contribution in [0.15, 0.2) is 24.3 Å². The van der Waals surface area contributed by atoms with Crippen molar-refractivity contribution in [2.24, 2.45) is 5.92 Å². The van der Waals surface area contributed by atoms with Gasteiger partial charge in [-0.2, -0.15) is 0 Å². The third-order valence-corrected chi connectivity index (χ3v) is 5.49. The minimum absolute atomic E-state index is 0.241. The van der Waals surface area contributed by atoms with Crippen molar-refractivity contribution in [1.82, 2.24) is 14.9 Å². The van der Waals surface area contributed by atoms with E-state index in [0.717, 1.165) is 47.3 Å². The Morgan fingerprint density at radius 1 is 1.13 bits per heavy atom. The average molecular weight is 427 g/mol. The molecule has 2 heterocycles. The number of anilines is 1. The normalized spacial score (nSPS) is 14.3. The van der Waals surface area contributed by atoms with Gasteiger partial charge in [-0.1, -0.05) is 26.0 Å². The smallest absolute Gasteiger partial charge is 0.222 e. The predicted molar refractivity (Wildman–Crippen MR) is 122 cm³/mol. The Bertz CT molecular complexity index is 892. The quantitative estimate of drug-likeness (QED) is 0.646. The van der Waals surface area contributed by atoms with Gasteiger partial charge in [0.15, 0.2) is 0 Å².